The van der Waals surface area contributed by atoms with Crippen molar-refractivity contribution in [2.45, 2.75) is 12.5 Å². The van der Waals surface area contributed by atoms with Gasteiger partial charge in [0.15, 0.2) is 0 Å². The van der Waals surface area contributed by atoms with Crippen LogP contribution in [0.2, 0.25) is 4.34 Å². The summed E-state index contributed by atoms with van der Waals surface area (Å²) in [4.78, 5) is 0.839. The molecular formula is C13H11Br2ClO2S. The molecule has 1 N–H and O–H groups in total. The van der Waals surface area contributed by atoms with Gasteiger partial charge in [-0.25, -0.2) is 0 Å². The summed E-state index contributed by atoms with van der Waals surface area (Å²) in [6.45, 7) is 0. The Morgan fingerprint density at radius 3 is 2.63 bits per heavy atom. The smallest absolute Gasteiger partial charge is 0.119 e. The SMILES string of the molecule is COc1ccc(Br)c(CC(O)c2cc(Br)c(Cl)s2)c1. The van der Waals surface area contributed by atoms with Crippen LogP contribution >= 0.6 is 54.8 Å². The van der Waals surface area contributed by atoms with Gasteiger partial charge >= 0.3 is 0 Å². The van der Waals surface area contributed by atoms with Crippen LogP contribution < -0.4 is 4.74 Å². The van der Waals surface area contributed by atoms with Gasteiger partial charge in [-0.05, 0) is 45.8 Å². The summed E-state index contributed by atoms with van der Waals surface area (Å²) in [6, 6.07) is 7.56. The molecule has 0 saturated carbocycles. The van der Waals surface area contributed by atoms with E-state index in [1.165, 1.54) is 11.3 Å². The number of aliphatic hydroxyl groups excluding tert-OH is 1. The normalized spacial score (nSPS) is 12.5. The largest absolute Gasteiger partial charge is 0.497 e. The fraction of sp³-hybridized carbons (Fsp3) is 0.231. The lowest BCUT2D eigenvalue weighted by Crippen LogP contribution is -2.00. The summed E-state index contributed by atoms with van der Waals surface area (Å²) in [6.07, 6.45) is -0.0849. The average Bonchev–Trinajstić information content (AvgIpc) is 2.72. The van der Waals surface area contributed by atoms with Crippen molar-refractivity contribution >= 4 is 54.8 Å². The third kappa shape index (κ3) is 3.73. The molecule has 1 heterocycles. The van der Waals surface area contributed by atoms with Crippen molar-refractivity contribution in [2.75, 3.05) is 7.11 Å². The molecule has 1 aromatic heterocycles. The zero-order chi connectivity index (χ0) is 14.0. The van der Waals surface area contributed by atoms with Gasteiger partial charge in [-0.3, -0.25) is 0 Å². The molecule has 0 fully saturated rings. The van der Waals surface area contributed by atoms with E-state index in [2.05, 4.69) is 31.9 Å². The van der Waals surface area contributed by atoms with Gasteiger partial charge in [-0.2, -0.15) is 0 Å². The Balaban J connectivity index is 2.20. The summed E-state index contributed by atoms with van der Waals surface area (Å²) < 4.78 is 7.61. The highest BCUT2D eigenvalue weighted by Crippen LogP contribution is 2.37. The second kappa shape index (κ2) is 6.59. The van der Waals surface area contributed by atoms with Crippen molar-refractivity contribution < 1.29 is 9.84 Å². The number of hydrogen-bond donors (Lipinski definition) is 1. The second-order valence-corrected chi connectivity index (χ2v) is 7.34. The van der Waals surface area contributed by atoms with E-state index in [1.807, 2.05) is 24.3 Å². The van der Waals surface area contributed by atoms with Crippen LogP contribution in [-0.2, 0) is 6.42 Å². The van der Waals surface area contributed by atoms with E-state index < -0.39 is 6.10 Å². The third-order valence-corrected chi connectivity index (χ3v) is 6.01. The summed E-state index contributed by atoms with van der Waals surface area (Å²) in [5, 5.41) is 10.3. The van der Waals surface area contributed by atoms with E-state index in [-0.39, 0.29) is 0 Å². The van der Waals surface area contributed by atoms with Gasteiger partial charge in [0.2, 0.25) is 0 Å². The highest BCUT2D eigenvalue weighted by molar-refractivity contribution is 9.10. The number of benzene rings is 1. The van der Waals surface area contributed by atoms with Gasteiger partial charge in [0.1, 0.15) is 10.1 Å². The predicted octanol–water partition coefficient (Wildman–Crippen LogP) is 5.21. The maximum Gasteiger partial charge on any atom is 0.119 e. The Hall–Kier alpha value is -0.0700. The molecule has 2 rings (SSSR count). The Morgan fingerprint density at radius 1 is 1.32 bits per heavy atom. The van der Waals surface area contributed by atoms with Crippen molar-refractivity contribution in [2.24, 2.45) is 0 Å². The number of rotatable bonds is 4. The second-order valence-electron chi connectivity index (χ2n) is 3.95. The van der Waals surface area contributed by atoms with Crippen molar-refractivity contribution in [3.05, 3.63) is 48.0 Å². The topological polar surface area (TPSA) is 29.5 Å². The van der Waals surface area contributed by atoms with E-state index in [9.17, 15) is 5.11 Å². The number of hydrogen-bond acceptors (Lipinski definition) is 3. The summed E-state index contributed by atoms with van der Waals surface area (Å²) >= 11 is 14.2. The van der Waals surface area contributed by atoms with Crippen LogP contribution in [0.1, 0.15) is 16.5 Å². The molecule has 0 aliphatic rings. The zero-order valence-electron chi connectivity index (χ0n) is 9.99. The predicted molar refractivity (Wildman–Crippen MR) is 86.4 cm³/mol. The molecule has 1 unspecified atom stereocenters. The number of aliphatic hydroxyl groups is 1. The van der Waals surface area contributed by atoms with Crippen molar-refractivity contribution in [1.29, 1.82) is 0 Å². The number of methoxy groups -OCH3 is 1. The Kier molecular flexibility index (Phi) is 5.31. The quantitative estimate of drug-likeness (QED) is 0.727. The molecule has 0 bridgehead atoms. The van der Waals surface area contributed by atoms with Crippen LogP contribution in [-0.4, -0.2) is 12.2 Å². The van der Waals surface area contributed by atoms with Gasteiger partial charge in [-0.15, -0.1) is 11.3 Å². The molecule has 0 radical (unpaired) electrons. The lowest BCUT2D eigenvalue weighted by atomic mass is 10.1. The number of halogens is 3. The van der Waals surface area contributed by atoms with Crippen LogP contribution in [0, 0.1) is 0 Å². The van der Waals surface area contributed by atoms with Crippen molar-refractivity contribution in [3.63, 3.8) is 0 Å². The van der Waals surface area contributed by atoms with Crippen molar-refractivity contribution in [1.82, 2.24) is 0 Å². The van der Waals surface area contributed by atoms with E-state index in [0.717, 1.165) is 25.1 Å². The molecule has 0 aliphatic carbocycles. The minimum Gasteiger partial charge on any atom is -0.497 e. The molecule has 1 atom stereocenters. The van der Waals surface area contributed by atoms with E-state index in [1.54, 1.807) is 7.11 Å². The van der Waals surface area contributed by atoms with Crippen LogP contribution in [0.15, 0.2) is 33.2 Å². The molecule has 0 saturated heterocycles. The fourth-order valence-corrected chi connectivity index (χ4v) is 3.80. The molecule has 2 nitrogen and oxygen atoms in total. The minimum atomic E-state index is -0.586. The molecule has 0 spiro atoms. The molecule has 2 aromatic rings. The summed E-state index contributed by atoms with van der Waals surface area (Å²) in [5.74, 6) is 0.774. The Bertz CT molecular complexity index is 567. The van der Waals surface area contributed by atoms with Gasteiger partial charge in [0, 0.05) is 20.2 Å². The van der Waals surface area contributed by atoms with Crippen molar-refractivity contribution in [3.8, 4) is 5.75 Å². The first-order valence-corrected chi connectivity index (χ1v) is 8.24. The highest BCUT2D eigenvalue weighted by atomic mass is 79.9. The standard InChI is InChI=1S/C13H11Br2ClO2S/c1-18-8-2-3-9(14)7(4-8)5-11(17)12-6-10(15)13(16)19-12/h2-4,6,11,17H,5H2,1H3. The molecular weight excluding hydrogens is 415 g/mol. The van der Waals surface area contributed by atoms with E-state index >= 15 is 0 Å². The van der Waals surface area contributed by atoms with Gasteiger partial charge in [-0.1, -0.05) is 27.5 Å². The van der Waals surface area contributed by atoms with E-state index in [0.29, 0.717) is 10.8 Å². The number of thiophene rings is 1. The first kappa shape index (κ1) is 15.3. The first-order chi connectivity index (χ1) is 9.01. The van der Waals surface area contributed by atoms with Crippen LogP contribution in [0.4, 0.5) is 0 Å². The Labute approximate surface area is 137 Å². The molecule has 0 aliphatic heterocycles. The minimum absolute atomic E-state index is 0.501. The van der Waals surface area contributed by atoms with Crippen LogP contribution in [0.5, 0.6) is 5.75 Å². The highest BCUT2D eigenvalue weighted by Gasteiger charge is 2.15. The molecule has 1 aromatic carbocycles. The maximum absolute atomic E-state index is 10.3. The van der Waals surface area contributed by atoms with Gasteiger partial charge < -0.3 is 9.84 Å². The summed E-state index contributed by atoms with van der Waals surface area (Å²) in [5.41, 5.74) is 0.993. The molecule has 19 heavy (non-hydrogen) atoms. The Morgan fingerprint density at radius 2 is 2.05 bits per heavy atom. The first-order valence-electron chi connectivity index (χ1n) is 5.46. The monoisotopic (exact) mass is 424 g/mol. The molecule has 6 heteroatoms. The number of ether oxygens (including phenoxy) is 1. The van der Waals surface area contributed by atoms with E-state index in [4.69, 9.17) is 16.3 Å². The lowest BCUT2D eigenvalue weighted by molar-refractivity contribution is 0.182. The van der Waals surface area contributed by atoms with Gasteiger partial charge in [0.05, 0.1) is 13.2 Å². The maximum atomic E-state index is 10.3. The average molecular weight is 427 g/mol. The lowest BCUT2D eigenvalue weighted by Gasteiger charge is -2.11. The third-order valence-electron chi connectivity index (χ3n) is 2.66. The van der Waals surface area contributed by atoms with Crippen LogP contribution in [0.3, 0.4) is 0 Å². The fourth-order valence-electron chi connectivity index (χ4n) is 1.67. The molecule has 102 valence electrons. The van der Waals surface area contributed by atoms with Gasteiger partial charge in [0.25, 0.3) is 0 Å². The van der Waals surface area contributed by atoms with Crippen LogP contribution in [0.25, 0.3) is 0 Å². The zero-order valence-corrected chi connectivity index (χ0v) is 14.7. The molecule has 0 amide bonds. The summed E-state index contributed by atoms with van der Waals surface area (Å²) in [7, 11) is 1.62.